The molecule has 108 valence electrons. The van der Waals surface area contributed by atoms with Gasteiger partial charge in [-0.25, -0.2) is 0 Å². The summed E-state index contributed by atoms with van der Waals surface area (Å²) < 4.78 is 0. The summed E-state index contributed by atoms with van der Waals surface area (Å²) >= 11 is 0. The molecular formula is C16H28N2O. The van der Waals surface area contributed by atoms with Gasteiger partial charge >= 0.3 is 0 Å². The van der Waals surface area contributed by atoms with E-state index in [1.165, 1.54) is 0 Å². The monoisotopic (exact) mass is 264 g/mol. The summed E-state index contributed by atoms with van der Waals surface area (Å²) in [6.45, 7) is 9.47. The van der Waals surface area contributed by atoms with Gasteiger partial charge in [-0.15, -0.1) is 0 Å². The molecule has 0 aliphatic carbocycles. The molecule has 3 nitrogen and oxygen atoms in total. The highest BCUT2D eigenvalue weighted by Crippen LogP contribution is 2.25. The Kier molecular flexibility index (Phi) is 5.83. The standard InChI is InChI=1S/C16H28N2O/c1-11(2)15(18(5)6)10-17-13(4)14-8-7-12(3)9-16(14)19/h7-9,11,13,15,17,19H,10H2,1-6H3. The molecule has 2 atom stereocenters. The van der Waals surface area contributed by atoms with Gasteiger partial charge in [-0.2, -0.15) is 0 Å². The molecule has 2 unspecified atom stereocenters. The quantitative estimate of drug-likeness (QED) is 0.829. The van der Waals surface area contributed by atoms with E-state index in [-0.39, 0.29) is 6.04 Å². The molecule has 1 aromatic carbocycles. The van der Waals surface area contributed by atoms with Crippen LogP contribution in [-0.4, -0.2) is 36.7 Å². The molecule has 0 heterocycles. The number of phenols is 1. The third-order valence-electron chi connectivity index (χ3n) is 3.72. The Hall–Kier alpha value is -1.06. The van der Waals surface area contributed by atoms with Crippen LogP contribution in [0.15, 0.2) is 18.2 Å². The van der Waals surface area contributed by atoms with Gasteiger partial charge in [0.2, 0.25) is 0 Å². The molecule has 0 saturated heterocycles. The Morgan fingerprint density at radius 1 is 1.21 bits per heavy atom. The van der Waals surface area contributed by atoms with Crippen molar-refractivity contribution in [2.75, 3.05) is 20.6 Å². The van der Waals surface area contributed by atoms with E-state index in [9.17, 15) is 5.11 Å². The van der Waals surface area contributed by atoms with Crippen LogP contribution in [0.2, 0.25) is 0 Å². The molecule has 0 aliphatic rings. The smallest absolute Gasteiger partial charge is 0.120 e. The number of nitrogens with zero attached hydrogens (tertiary/aromatic N) is 1. The molecule has 0 aromatic heterocycles. The van der Waals surface area contributed by atoms with E-state index >= 15 is 0 Å². The zero-order chi connectivity index (χ0) is 14.6. The summed E-state index contributed by atoms with van der Waals surface area (Å²) in [5.41, 5.74) is 2.05. The Morgan fingerprint density at radius 3 is 2.32 bits per heavy atom. The molecule has 1 rings (SSSR count). The summed E-state index contributed by atoms with van der Waals surface area (Å²) in [5.74, 6) is 0.979. The van der Waals surface area contributed by atoms with Crippen LogP contribution in [0.4, 0.5) is 0 Å². The minimum atomic E-state index is 0.154. The van der Waals surface area contributed by atoms with Crippen LogP contribution in [0.3, 0.4) is 0 Å². The molecule has 0 spiro atoms. The first-order valence-corrected chi connectivity index (χ1v) is 7.02. The zero-order valence-corrected chi connectivity index (χ0v) is 13.1. The molecule has 2 N–H and O–H groups in total. The predicted molar refractivity (Wildman–Crippen MR) is 81.6 cm³/mol. The minimum absolute atomic E-state index is 0.154. The molecule has 1 aromatic rings. The summed E-state index contributed by atoms with van der Waals surface area (Å²) in [5, 5.41) is 13.5. The van der Waals surface area contributed by atoms with Crippen molar-refractivity contribution in [3.63, 3.8) is 0 Å². The number of hydrogen-bond donors (Lipinski definition) is 2. The highest BCUT2D eigenvalue weighted by molar-refractivity contribution is 5.37. The molecule has 19 heavy (non-hydrogen) atoms. The van der Waals surface area contributed by atoms with E-state index in [0.717, 1.165) is 17.7 Å². The Bertz CT molecular complexity index is 394. The number of likely N-dealkylation sites (N-methyl/N-ethyl adjacent to an activating group) is 1. The third-order valence-corrected chi connectivity index (χ3v) is 3.72. The van der Waals surface area contributed by atoms with Crippen LogP contribution < -0.4 is 5.32 Å². The van der Waals surface area contributed by atoms with Gasteiger partial charge in [-0.1, -0.05) is 26.0 Å². The molecule has 3 heteroatoms. The second kappa shape index (κ2) is 6.92. The van der Waals surface area contributed by atoms with Crippen molar-refractivity contribution >= 4 is 0 Å². The fourth-order valence-electron chi connectivity index (χ4n) is 2.44. The Morgan fingerprint density at radius 2 is 1.84 bits per heavy atom. The highest BCUT2D eigenvalue weighted by atomic mass is 16.3. The molecule has 0 amide bonds. The fourth-order valence-corrected chi connectivity index (χ4v) is 2.44. The molecule has 0 radical (unpaired) electrons. The van der Waals surface area contributed by atoms with Gasteiger partial charge in [0.1, 0.15) is 5.75 Å². The van der Waals surface area contributed by atoms with Crippen molar-refractivity contribution in [3.05, 3.63) is 29.3 Å². The zero-order valence-electron chi connectivity index (χ0n) is 13.1. The Labute approximate surface area is 117 Å². The third kappa shape index (κ3) is 4.51. The molecule has 0 fully saturated rings. The number of benzene rings is 1. The maximum Gasteiger partial charge on any atom is 0.120 e. The van der Waals surface area contributed by atoms with Crippen molar-refractivity contribution < 1.29 is 5.11 Å². The largest absolute Gasteiger partial charge is 0.508 e. The van der Waals surface area contributed by atoms with Gasteiger partial charge in [0.05, 0.1) is 0 Å². The van der Waals surface area contributed by atoms with Crippen LogP contribution in [0, 0.1) is 12.8 Å². The lowest BCUT2D eigenvalue weighted by Crippen LogP contribution is -2.42. The SMILES string of the molecule is Cc1ccc(C(C)NCC(C(C)C)N(C)C)c(O)c1. The first kappa shape index (κ1) is 16.0. The van der Waals surface area contributed by atoms with Crippen LogP contribution in [0.1, 0.15) is 37.9 Å². The van der Waals surface area contributed by atoms with Crippen LogP contribution in [-0.2, 0) is 0 Å². The lowest BCUT2D eigenvalue weighted by molar-refractivity contribution is 0.219. The van der Waals surface area contributed by atoms with Gasteiger partial charge in [-0.3, -0.25) is 0 Å². The maximum absolute atomic E-state index is 9.99. The van der Waals surface area contributed by atoms with E-state index in [2.05, 4.69) is 45.1 Å². The number of hydrogen-bond acceptors (Lipinski definition) is 3. The number of phenolic OH excluding ortho intramolecular Hbond substituents is 1. The van der Waals surface area contributed by atoms with Crippen LogP contribution in [0.25, 0.3) is 0 Å². The van der Waals surface area contributed by atoms with Crippen LogP contribution >= 0.6 is 0 Å². The maximum atomic E-state index is 9.99. The molecule has 0 aliphatic heterocycles. The summed E-state index contributed by atoms with van der Waals surface area (Å²) in [4.78, 5) is 2.25. The minimum Gasteiger partial charge on any atom is -0.508 e. The second-order valence-electron chi connectivity index (χ2n) is 5.97. The normalized spacial score (nSPS) is 14.9. The summed E-state index contributed by atoms with van der Waals surface area (Å²) in [7, 11) is 4.22. The topological polar surface area (TPSA) is 35.5 Å². The van der Waals surface area contributed by atoms with Gasteiger partial charge in [-0.05, 0) is 45.5 Å². The molecule has 0 saturated carbocycles. The number of aryl methyl sites for hydroxylation is 1. The van der Waals surface area contributed by atoms with Gasteiger partial charge in [0, 0.05) is 24.2 Å². The lowest BCUT2D eigenvalue weighted by atomic mass is 10.0. The fraction of sp³-hybridized carbons (Fsp3) is 0.625. The van der Waals surface area contributed by atoms with E-state index in [0.29, 0.717) is 17.7 Å². The number of nitrogens with one attached hydrogen (secondary N) is 1. The second-order valence-corrected chi connectivity index (χ2v) is 5.97. The molecular weight excluding hydrogens is 236 g/mol. The first-order valence-electron chi connectivity index (χ1n) is 7.02. The van der Waals surface area contributed by atoms with Crippen molar-refractivity contribution in [2.24, 2.45) is 5.92 Å². The van der Waals surface area contributed by atoms with Crippen molar-refractivity contribution in [1.82, 2.24) is 10.2 Å². The van der Waals surface area contributed by atoms with E-state index in [1.807, 2.05) is 25.1 Å². The van der Waals surface area contributed by atoms with Gasteiger partial charge < -0.3 is 15.3 Å². The summed E-state index contributed by atoms with van der Waals surface area (Å²) in [6, 6.07) is 6.51. The van der Waals surface area contributed by atoms with E-state index < -0.39 is 0 Å². The molecule has 0 bridgehead atoms. The van der Waals surface area contributed by atoms with Crippen LogP contribution in [0.5, 0.6) is 5.75 Å². The van der Waals surface area contributed by atoms with Crippen molar-refractivity contribution in [1.29, 1.82) is 0 Å². The Balaban J connectivity index is 2.66. The average molecular weight is 264 g/mol. The number of rotatable bonds is 6. The lowest BCUT2D eigenvalue weighted by Gasteiger charge is -2.29. The van der Waals surface area contributed by atoms with E-state index in [1.54, 1.807) is 0 Å². The van der Waals surface area contributed by atoms with Crippen molar-refractivity contribution in [3.8, 4) is 5.75 Å². The highest BCUT2D eigenvalue weighted by Gasteiger charge is 2.17. The first-order chi connectivity index (χ1) is 8.82. The summed E-state index contributed by atoms with van der Waals surface area (Å²) in [6.07, 6.45) is 0. The number of aromatic hydroxyl groups is 1. The van der Waals surface area contributed by atoms with Crippen molar-refractivity contribution in [2.45, 2.75) is 39.8 Å². The predicted octanol–water partition coefficient (Wildman–Crippen LogP) is 2.94. The average Bonchev–Trinajstić information content (AvgIpc) is 2.27. The van der Waals surface area contributed by atoms with Gasteiger partial charge in [0.15, 0.2) is 0 Å². The van der Waals surface area contributed by atoms with Gasteiger partial charge in [0.25, 0.3) is 0 Å². The van der Waals surface area contributed by atoms with E-state index in [4.69, 9.17) is 0 Å².